The fourth-order valence-electron chi connectivity index (χ4n) is 5.07. The molecule has 14 unspecified atom stereocenters. The molecule has 18 nitrogen and oxygen atoms in total. The average Bonchev–Trinajstić information content (AvgIpc) is 2.92. The van der Waals surface area contributed by atoms with Crippen LogP contribution in [0.2, 0.25) is 0 Å². The van der Waals surface area contributed by atoms with E-state index < -0.39 is 110 Å². The number of amides is 1. The summed E-state index contributed by atoms with van der Waals surface area (Å²) < 4.78 is 22.5. The Kier molecular flexibility index (Phi) is 11.9. The number of rotatable bonds is 10. The van der Waals surface area contributed by atoms with Gasteiger partial charge >= 0.3 is 0 Å². The number of nitrogens with one attached hydrogen (secondary N) is 1. The van der Waals surface area contributed by atoms with Crippen molar-refractivity contribution in [2.75, 3.05) is 19.7 Å². The highest BCUT2D eigenvalue weighted by Crippen LogP contribution is 2.32. The predicted molar refractivity (Wildman–Crippen MR) is 131 cm³/mol. The lowest BCUT2D eigenvalue weighted by molar-refractivity contribution is -0.332. The molecular weight excluding hydrogens is 542 g/mol. The number of hydrogen-bond acceptors (Lipinski definition) is 17. The molecule has 17 N–H and O–H groups in total. The molecule has 2 aliphatic heterocycles. The van der Waals surface area contributed by atoms with Gasteiger partial charge in [-0.05, 0) is 19.4 Å². The minimum Gasteiger partial charge on any atom is -0.394 e. The lowest BCUT2D eigenvalue weighted by Crippen LogP contribution is -2.69. The van der Waals surface area contributed by atoms with E-state index in [4.69, 9.17) is 41.9 Å². The van der Waals surface area contributed by atoms with Crippen LogP contribution in [-0.4, -0.2) is 164 Å². The van der Waals surface area contributed by atoms with Crippen LogP contribution in [0.25, 0.3) is 0 Å². The maximum Gasteiger partial charge on any atom is 0.249 e. The number of aliphatic hydroxyl groups excluding tert-OH is 8. The third kappa shape index (κ3) is 7.06. The van der Waals surface area contributed by atoms with Crippen molar-refractivity contribution in [3.05, 3.63) is 0 Å². The van der Waals surface area contributed by atoms with Crippen molar-refractivity contribution in [2.24, 2.45) is 22.9 Å². The van der Waals surface area contributed by atoms with Crippen molar-refractivity contribution in [1.29, 1.82) is 0 Å². The first-order chi connectivity index (χ1) is 18.9. The Morgan fingerprint density at radius 2 is 1.45 bits per heavy atom. The van der Waals surface area contributed by atoms with Crippen LogP contribution in [0.3, 0.4) is 0 Å². The second kappa shape index (κ2) is 14.3. The number of hydrogen-bond donors (Lipinski definition) is 13. The number of carbonyl (C=O) groups excluding carboxylic acids is 1. The van der Waals surface area contributed by atoms with Gasteiger partial charge in [0.1, 0.15) is 67.1 Å². The van der Waals surface area contributed by atoms with Gasteiger partial charge in [-0.25, -0.2) is 0 Å². The van der Waals surface area contributed by atoms with Crippen molar-refractivity contribution >= 4 is 5.91 Å². The van der Waals surface area contributed by atoms with Crippen LogP contribution in [0.4, 0.5) is 0 Å². The van der Waals surface area contributed by atoms with Gasteiger partial charge in [0, 0.05) is 12.6 Å². The van der Waals surface area contributed by atoms with Gasteiger partial charge in [-0.3, -0.25) is 4.79 Å². The standard InChI is InChI=1S/C22H43N5O13/c23-2-1-8(29)20(36)27-7-3-6(25)18(39-22-16(34)15(33)13(31)9(4-24)37-22)17(35)19(7)40-21-14(32)11(26)12(30)10(5-28)38-21/h6-19,21-22,28-35H,1-5,23-26H2,(H,27,36)/t6?,7?,8?,9?,10?,11?,12?,13?,14?,15?,16?,17?,18?,19?,21-,22-/m1/s1. The second-order valence-corrected chi connectivity index (χ2v) is 10.3. The van der Waals surface area contributed by atoms with Crippen molar-refractivity contribution in [3.8, 4) is 0 Å². The highest BCUT2D eigenvalue weighted by Gasteiger charge is 2.52. The Morgan fingerprint density at radius 1 is 0.850 bits per heavy atom. The van der Waals surface area contributed by atoms with E-state index in [0.717, 1.165) is 0 Å². The largest absolute Gasteiger partial charge is 0.394 e. The quantitative estimate of drug-likeness (QED) is 0.113. The molecule has 2 heterocycles. The fourth-order valence-corrected chi connectivity index (χ4v) is 5.07. The van der Waals surface area contributed by atoms with Crippen LogP contribution >= 0.6 is 0 Å². The molecule has 0 spiro atoms. The Labute approximate surface area is 229 Å². The van der Waals surface area contributed by atoms with Gasteiger partial charge in [0.25, 0.3) is 0 Å². The van der Waals surface area contributed by atoms with Crippen LogP contribution in [0.15, 0.2) is 0 Å². The first-order valence-electron chi connectivity index (χ1n) is 13.1. The van der Waals surface area contributed by atoms with Crippen molar-refractivity contribution < 1.29 is 64.6 Å². The zero-order chi connectivity index (χ0) is 29.9. The molecule has 40 heavy (non-hydrogen) atoms. The minimum absolute atomic E-state index is 0.0101. The van der Waals surface area contributed by atoms with Gasteiger partial charge in [0.2, 0.25) is 5.91 Å². The summed E-state index contributed by atoms with van der Waals surface area (Å²) in [6.07, 6.45) is -19.8. The van der Waals surface area contributed by atoms with Crippen LogP contribution in [0.1, 0.15) is 12.8 Å². The Morgan fingerprint density at radius 3 is 2.05 bits per heavy atom. The summed E-state index contributed by atoms with van der Waals surface area (Å²) in [5.74, 6) is -0.845. The van der Waals surface area contributed by atoms with E-state index in [0.29, 0.717) is 0 Å². The summed E-state index contributed by atoms with van der Waals surface area (Å²) in [6.45, 7) is -0.898. The highest BCUT2D eigenvalue weighted by molar-refractivity contribution is 5.80. The Hall–Kier alpha value is -1.17. The van der Waals surface area contributed by atoms with E-state index in [9.17, 15) is 45.6 Å². The van der Waals surface area contributed by atoms with Crippen LogP contribution in [-0.2, 0) is 23.7 Å². The third-order valence-corrected chi connectivity index (χ3v) is 7.51. The molecule has 3 fully saturated rings. The molecule has 2 saturated heterocycles. The first kappa shape index (κ1) is 33.3. The summed E-state index contributed by atoms with van der Waals surface area (Å²) in [4.78, 5) is 12.6. The lowest BCUT2D eigenvalue weighted by Gasteiger charge is -2.49. The molecule has 3 aliphatic rings. The number of ether oxygens (including phenoxy) is 4. The van der Waals surface area contributed by atoms with Gasteiger partial charge < -0.3 is 88.1 Å². The van der Waals surface area contributed by atoms with Crippen molar-refractivity contribution in [3.63, 3.8) is 0 Å². The number of nitrogens with two attached hydrogens (primary N) is 4. The van der Waals surface area contributed by atoms with Gasteiger partial charge in [0.05, 0.1) is 18.7 Å². The molecule has 1 saturated carbocycles. The molecule has 0 aromatic carbocycles. The first-order valence-corrected chi connectivity index (χ1v) is 13.1. The maximum atomic E-state index is 12.6. The molecular formula is C22H43N5O13. The topological polar surface area (TPSA) is 332 Å². The third-order valence-electron chi connectivity index (χ3n) is 7.51. The summed E-state index contributed by atoms with van der Waals surface area (Å²) in [7, 11) is 0. The van der Waals surface area contributed by atoms with E-state index >= 15 is 0 Å². The Balaban J connectivity index is 1.85. The molecule has 0 bridgehead atoms. The summed E-state index contributed by atoms with van der Waals surface area (Å²) in [6, 6.07) is -3.45. The van der Waals surface area contributed by atoms with Gasteiger partial charge in [-0.2, -0.15) is 0 Å². The van der Waals surface area contributed by atoms with Gasteiger partial charge in [-0.1, -0.05) is 0 Å². The van der Waals surface area contributed by atoms with Gasteiger partial charge in [0.15, 0.2) is 12.6 Å². The Bertz CT molecular complexity index is 815. The molecule has 3 rings (SSSR count). The zero-order valence-corrected chi connectivity index (χ0v) is 21.7. The average molecular weight is 586 g/mol. The summed E-state index contributed by atoms with van der Waals surface area (Å²) >= 11 is 0. The highest BCUT2D eigenvalue weighted by atomic mass is 16.7. The van der Waals surface area contributed by atoms with E-state index in [2.05, 4.69) is 5.32 Å². The molecule has 234 valence electrons. The van der Waals surface area contributed by atoms with Crippen LogP contribution in [0.5, 0.6) is 0 Å². The van der Waals surface area contributed by atoms with E-state index in [1.165, 1.54) is 0 Å². The van der Waals surface area contributed by atoms with E-state index in [1.807, 2.05) is 0 Å². The van der Waals surface area contributed by atoms with E-state index in [-0.39, 0.29) is 25.9 Å². The predicted octanol–water partition coefficient (Wildman–Crippen LogP) is -8.42. The molecule has 16 atom stereocenters. The van der Waals surface area contributed by atoms with Crippen molar-refractivity contribution in [1.82, 2.24) is 5.32 Å². The smallest absolute Gasteiger partial charge is 0.249 e. The zero-order valence-electron chi connectivity index (χ0n) is 21.7. The maximum absolute atomic E-state index is 12.6. The molecule has 1 amide bonds. The molecule has 0 aromatic heterocycles. The second-order valence-electron chi connectivity index (χ2n) is 10.3. The molecule has 18 heteroatoms. The van der Waals surface area contributed by atoms with Crippen LogP contribution < -0.4 is 28.3 Å². The van der Waals surface area contributed by atoms with Crippen LogP contribution in [0, 0.1) is 0 Å². The van der Waals surface area contributed by atoms with E-state index in [1.54, 1.807) is 0 Å². The summed E-state index contributed by atoms with van der Waals surface area (Å²) in [5.41, 5.74) is 23.1. The fraction of sp³-hybridized carbons (Fsp3) is 0.955. The summed E-state index contributed by atoms with van der Waals surface area (Å²) in [5, 5.41) is 84.9. The van der Waals surface area contributed by atoms with Crippen molar-refractivity contribution in [2.45, 2.75) is 111 Å². The molecule has 0 radical (unpaired) electrons. The monoisotopic (exact) mass is 585 g/mol. The molecule has 1 aliphatic carbocycles. The van der Waals surface area contributed by atoms with Gasteiger partial charge in [-0.15, -0.1) is 0 Å². The normalized spacial score (nSPS) is 47.0. The minimum atomic E-state index is -1.76. The SMILES string of the molecule is NCCC(O)C(=O)NC1CC(N)C(O[C@H]2OC(CN)C(O)C(O)C2O)C(O)C1O[C@H]1OC(CO)C(O)C(N)C1O. The number of aliphatic hydroxyl groups is 8. The number of carbonyl (C=O) groups is 1. The lowest BCUT2D eigenvalue weighted by atomic mass is 9.83. The molecule has 0 aromatic rings.